The molecule has 0 spiro atoms. The molecule has 4 heteroatoms. The van der Waals surface area contributed by atoms with Gasteiger partial charge in [-0.2, -0.15) is 19.2 Å². The number of benzene rings is 2. The molecule has 0 aliphatic carbocycles. The fourth-order valence-corrected chi connectivity index (χ4v) is 2.48. The van der Waals surface area contributed by atoms with Gasteiger partial charge in [-0.1, -0.05) is 30.7 Å². The van der Waals surface area contributed by atoms with Gasteiger partial charge in [-0.15, -0.1) is 34.5 Å². The van der Waals surface area contributed by atoms with Gasteiger partial charge in [0.15, 0.2) is 0 Å². The van der Waals surface area contributed by atoms with Crippen molar-refractivity contribution in [3.05, 3.63) is 65.7 Å². The van der Waals surface area contributed by atoms with E-state index >= 15 is 0 Å². The zero-order valence-electron chi connectivity index (χ0n) is 11.3. The third-order valence-corrected chi connectivity index (χ3v) is 3.42. The molecule has 0 saturated carbocycles. The maximum atomic E-state index is 12.6. The second kappa shape index (κ2) is 5.84. The summed E-state index contributed by atoms with van der Waals surface area (Å²) in [6.45, 7) is 2.01. The van der Waals surface area contributed by atoms with Gasteiger partial charge < -0.3 is 0 Å². The number of fused-ring (bicyclic) bond motifs is 1. The first-order valence-electron chi connectivity index (χ1n) is 6.29. The normalized spacial score (nSPS) is 11.4. The third kappa shape index (κ3) is 3.15. The van der Waals surface area contributed by atoms with Crippen LogP contribution in [0.4, 0.5) is 13.2 Å². The fourth-order valence-electron chi connectivity index (χ4n) is 2.48. The summed E-state index contributed by atoms with van der Waals surface area (Å²) in [6.07, 6.45) is -4.29. The zero-order chi connectivity index (χ0) is 14.3. The van der Waals surface area contributed by atoms with Gasteiger partial charge in [-0.25, -0.2) is 0 Å². The molecule has 0 N–H and O–H groups in total. The van der Waals surface area contributed by atoms with Crippen LogP contribution in [0.25, 0.3) is 21.9 Å². The van der Waals surface area contributed by atoms with E-state index in [0.717, 1.165) is 39.6 Å². The molecule has 0 aromatic heterocycles. The van der Waals surface area contributed by atoms with E-state index in [0.29, 0.717) is 0 Å². The van der Waals surface area contributed by atoms with Gasteiger partial charge in [-0.05, 0) is 17.7 Å². The average Bonchev–Trinajstić information content (AvgIpc) is 2.78. The fraction of sp³-hybridized carbons (Fsp3) is 0.118. The van der Waals surface area contributed by atoms with Crippen LogP contribution in [0.1, 0.15) is 11.1 Å². The molecule has 0 heterocycles. The predicted octanol–water partition coefficient (Wildman–Crippen LogP) is 5.55. The summed E-state index contributed by atoms with van der Waals surface area (Å²) in [5.74, 6) is 0. The van der Waals surface area contributed by atoms with Gasteiger partial charge in [-0.3, -0.25) is 0 Å². The van der Waals surface area contributed by atoms with Gasteiger partial charge in [0.1, 0.15) is 0 Å². The van der Waals surface area contributed by atoms with Crippen molar-refractivity contribution in [3.63, 3.8) is 0 Å². The summed E-state index contributed by atoms with van der Waals surface area (Å²) in [5, 5.41) is 2.18. The number of halogens is 3. The maximum Gasteiger partial charge on any atom is 0.416 e. The SMILES string of the molecule is Cc1cc2c(-c3ccc(C(F)(F)F)cc3)cccc2[cH-]1.[Hf]. The Hall–Kier alpha value is -1.29. The largest absolute Gasteiger partial charge is 0.416 e. The topological polar surface area (TPSA) is 0 Å². The van der Waals surface area contributed by atoms with Crippen molar-refractivity contribution in [2.24, 2.45) is 0 Å². The monoisotopic (exact) mass is 453 g/mol. The minimum atomic E-state index is -4.29. The maximum absolute atomic E-state index is 12.6. The number of alkyl halides is 3. The van der Waals surface area contributed by atoms with Crippen LogP contribution in [0, 0.1) is 6.92 Å². The van der Waals surface area contributed by atoms with Gasteiger partial charge in [0.25, 0.3) is 0 Å². The molecule has 0 aliphatic rings. The van der Waals surface area contributed by atoms with Gasteiger partial charge in [0.05, 0.1) is 5.56 Å². The van der Waals surface area contributed by atoms with Crippen molar-refractivity contribution < 1.29 is 39.0 Å². The van der Waals surface area contributed by atoms with Crippen molar-refractivity contribution >= 4 is 10.8 Å². The van der Waals surface area contributed by atoms with Gasteiger partial charge >= 0.3 is 6.18 Å². The number of aryl methyl sites for hydroxylation is 1. The third-order valence-electron chi connectivity index (χ3n) is 3.42. The van der Waals surface area contributed by atoms with Crippen LogP contribution in [0.2, 0.25) is 0 Å². The van der Waals surface area contributed by atoms with Gasteiger partial charge in [0.2, 0.25) is 0 Å². The zero-order valence-corrected chi connectivity index (χ0v) is 14.9. The van der Waals surface area contributed by atoms with E-state index < -0.39 is 11.7 Å². The van der Waals surface area contributed by atoms with Crippen LogP contribution in [0.5, 0.6) is 0 Å². The van der Waals surface area contributed by atoms with E-state index in [2.05, 4.69) is 12.1 Å². The van der Waals surface area contributed by atoms with E-state index in [-0.39, 0.29) is 25.8 Å². The van der Waals surface area contributed by atoms with E-state index in [1.165, 1.54) is 12.1 Å². The van der Waals surface area contributed by atoms with E-state index in [4.69, 9.17) is 0 Å². The van der Waals surface area contributed by atoms with Crippen molar-refractivity contribution in [3.8, 4) is 11.1 Å². The molecule has 0 fully saturated rings. The minimum absolute atomic E-state index is 0. The Labute approximate surface area is 139 Å². The summed E-state index contributed by atoms with van der Waals surface area (Å²) in [6, 6.07) is 15.3. The Morgan fingerprint density at radius 1 is 0.952 bits per heavy atom. The summed E-state index contributed by atoms with van der Waals surface area (Å²) in [4.78, 5) is 0. The summed E-state index contributed by atoms with van der Waals surface area (Å²) >= 11 is 0. The molecule has 3 aromatic rings. The molecule has 0 unspecified atom stereocenters. The molecule has 106 valence electrons. The molecule has 0 aliphatic heterocycles. The summed E-state index contributed by atoms with van der Waals surface area (Å²) < 4.78 is 37.7. The van der Waals surface area contributed by atoms with E-state index in [9.17, 15) is 13.2 Å². The second-order valence-corrected chi connectivity index (χ2v) is 4.92. The first kappa shape index (κ1) is 16.1. The van der Waals surface area contributed by atoms with Crippen LogP contribution in [0.15, 0.2) is 54.6 Å². The second-order valence-electron chi connectivity index (χ2n) is 4.92. The van der Waals surface area contributed by atoms with E-state index in [1.807, 2.05) is 25.1 Å². The Kier molecular flexibility index (Phi) is 4.47. The first-order valence-corrected chi connectivity index (χ1v) is 6.29. The molecule has 3 aromatic carbocycles. The van der Waals surface area contributed by atoms with Crippen LogP contribution < -0.4 is 0 Å². The number of hydrogen-bond donors (Lipinski definition) is 0. The Morgan fingerprint density at radius 2 is 1.62 bits per heavy atom. The van der Waals surface area contributed by atoms with E-state index in [1.54, 1.807) is 0 Å². The molecule has 0 amide bonds. The molecule has 21 heavy (non-hydrogen) atoms. The Bertz CT molecular complexity index is 752. The Morgan fingerprint density at radius 3 is 2.24 bits per heavy atom. The number of rotatable bonds is 1. The standard InChI is InChI=1S/C17H12F3.Hf/c1-11-9-13-3-2-4-15(16(13)10-11)12-5-7-14(8-6-12)17(18,19)20;/h2-10H,1H3;/q-1;. The van der Waals surface area contributed by atoms with Crippen molar-refractivity contribution in [1.82, 2.24) is 0 Å². The molecule has 0 bridgehead atoms. The summed E-state index contributed by atoms with van der Waals surface area (Å²) in [5.41, 5.74) is 2.30. The molecule has 0 nitrogen and oxygen atoms in total. The molecule has 3 rings (SSSR count). The smallest absolute Gasteiger partial charge is 0.166 e. The minimum Gasteiger partial charge on any atom is -0.166 e. The van der Waals surface area contributed by atoms with Crippen LogP contribution in [-0.2, 0) is 32.0 Å². The van der Waals surface area contributed by atoms with Gasteiger partial charge in [0, 0.05) is 25.8 Å². The molecule has 0 atom stereocenters. The molecular weight excluding hydrogens is 440 g/mol. The molecular formula is C17H12F3Hf-. The number of hydrogen-bond acceptors (Lipinski definition) is 0. The van der Waals surface area contributed by atoms with Crippen LogP contribution in [-0.4, -0.2) is 0 Å². The van der Waals surface area contributed by atoms with Crippen molar-refractivity contribution in [1.29, 1.82) is 0 Å². The molecule has 0 radical (unpaired) electrons. The van der Waals surface area contributed by atoms with Crippen LogP contribution >= 0.6 is 0 Å². The van der Waals surface area contributed by atoms with Crippen molar-refractivity contribution in [2.45, 2.75) is 13.1 Å². The Balaban J connectivity index is 0.00000161. The van der Waals surface area contributed by atoms with Crippen molar-refractivity contribution in [2.75, 3.05) is 0 Å². The summed E-state index contributed by atoms with van der Waals surface area (Å²) in [7, 11) is 0. The first-order chi connectivity index (χ1) is 9.45. The van der Waals surface area contributed by atoms with Crippen LogP contribution in [0.3, 0.4) is 0 Å². The average molecular weight is 452 g/mol. The predicted molar refractivity (Wildman–Crippen MR) is 74.7 cm³/mol. The quantitative estimate of drug-likeness (QED) is 0.336. The molecule has 0 saturated heterocycles.